The number of carbonyl (C=O) groups is 2. The second kappa shape index (κ2) is 8.48. The first-order valence-electron chi connectivity index (χ1n) is 9.09. The molecular weight excluding hydrogens is 342 g/mol. The fraction of sp³-hybridized carbons (Fsp3) is 0.476. The number of pyridine rings is 1. The Morgan fingerprint density at radius 3 is 2.41 bits per heavy atom. The number of benzene rings is 1. The van der Waals surface area contributed by atoms with Gasteiger partial charge in [0, 0.05) is 24.2 Å². The molecule has 0 saturated heterocycles. The first-order valence-corrected chi connectivity index (χ1v) is 9.09. The van der Waals surface area contributed by atoms with Crippen LogP contribution < -0.4 is 0 Å². The third kappa shape index (κ3) is 6.03. The molecule has 0 bridgehead atoms. The van der Waals surface area contributed by atoms with Gasteiger partial charge in [0.25, 0.3) is 5.91 Å². The first-order chi connectivity index (χ1) is 12.6. The highest BCUT2D eigenvalue weighted by Gasteiger charge is 2.24. The normalized spacial score (nSPS) is 11.7. The standard InChI is InChI=1S/C21H29N3O3/c1-15-13-17(16-9-7-8-10-18(16)22-15)20(26)24(12-11-23(5)6)14-19(25)27-21(2,3)4/h7-10,13H,11-12,14H2,1-6H3. The van der Waals surface area contributed by atoms with Crippen LogP contribution in [0.15, 0.2) is 30.3 Å². The van der Waals surface area contributed by atoms with Crippen molar-refractivity contribution in [1.29, 1.82) is 0 Å². The molecule has 0 unspecified atom stereocenters. The molecule has 1 aromatic heterocycles. The summed E-state index contributed by atoms with van der Waals surface area (Å²) in [5.74, 6) is -0.603. The fourth-order valence-corrected chi connectivity index (χ4v) is 2.76. The molecule has 0 spiro atoms. The molecule has 2 rings (SSSR count). The zero-order valence-electron chi connectivity index (χ0n) is 17.1. The second-order valence-corrected chi connectivity index (χ2v) is 7.94. The molecular formula is C21H29N3O3. The van der Waals surface area contributed by atoms with E-state index < -0.39 is 11.6 Å². The first kappa shape index (κ1) is 20.8. The summed E-state index contributed by atoms with van der Waals surface area (Å²) >= 11 is 0. The molecule has 0 atom stereocenters. The maximum atomic E-state index is 13.3. The smallest absolute Gasteiger partial charge is 0.326 e. The number of esters is 1. The van der Waals surface area contributed by atoms with Gasteiger partial charge in [-0.2, -0.15) is 0 Å². The van der Waals surface area contributed by atoms with Gasteiger partial charge in [0.1, 0.15) is 12.1 Å². The van der Waals surface area contributed by atoms with Crippen LogP contribution in [-0.2, 0) is 9.53 Å². The van der Waals surface area contributed by atoms with Gasteiger partial charge >= 0.3 is 5.97 Å². The van der Waals surface area contributed by atoms with Crippen LogP contribution in [0.4, 0.5) is 0 Å². The van der Waals surface area contributed by atoms with Crippen molar-refractivity contribution in [2.24, 2.45) is 0 Å². The van der Waals surface area contributed by atoms with E-state index >= 15 is 0 Å². The molecule has 6 nitrogen and oxygen atoms in total. The van der Waals surface area contributed by atoms with Crippen molar-refractivity contribution in [3.8, 4) is 0 Å². The maximum absolute atomic E-state index is 13.3. The average molecular weight is 371 g/mol. The van der Waals surface area contributed by atoms with Crippen molar-refractivity contribution in [2.45, 2.75) is 33.3 Å². The van der Waals surface area contributed by atoms with Crippen molar-refractivity contribution in [2.75, 3.05) is 33.7 Å². The van der Waals surface area contributed by atoms with Gasteiger partial charge in [0.05, 0.1) is 11.1 Å². The largest absolute Gasteiger partial charge is 0.459 e. The average Bonchev–Trinajstić information content (AvgIpc) is 2.55. The van der Waals surface area contributed by atoms with Gasteiger partial charge in [0.2, 0.25) is 0 Å². The molecule has 2 aromatic rings. The minimum Gasteiger partial charge on any atom is -0.459 e. The van der Waals surface area contributed by atoms with Gasteiger partial charge in [-0.05, 0) is 53.9 Å². The lowest BCUT2D eigenvalue weighted by molar-refractivity contribution is -0.155. The molecule has 0 radical (unpaired) electrons. The number of aryl methyl sites for hydroxylation is 1. The molecule has 146 valence electrons. The second-order valence-electron chi connectivity index (χ2n) is 7.94. The quantitative estimate of drug-likeness (QED) is 0.731. The molecule has 1 aromatic carbocycles. The minimum absolute atomic E-state index is 0.0837. The van der Waals surface area contributed by atoms with Gasteiger partial charge < -0.3 is 14.5 Å². The summed E-state index contributed by atoms with van der Waals surface area (Å²) in [7, 11) is 3.87. The van der Waals surface area contributed by atoms with E-state index in [4.69, 9.17) is 4.74 Å². The molecule has 27 heavy (non-hydrogen) atoms. The highest BCUT2D eigenvalue weighted by Crippen LogP contribution is 2.20. The van der Waals surface area contributed by atoms with E-state index in [2.05, 4.69) is 4.98 Å². The number of fused-ring (bicyclic) bond motifs is 1. The molecule has 0 fully saturated rings. The number of para-hydroxylation sites is 1. The van der Waals surface area contributed by atoms with E-state index in [0.29, 0.717) is 18.7 Å². The molecule has 1 amide bonds. The lowest BCUT2D eigenvalue weighted by Crippen LogP contribution is -2.42. The Morgan fingerprint density at radius 1 is 1.11 bits per heavy atom. The number of rotatable bonds is 6. The Bertz CT molecular complexity index is 825. The number of ether oxygens (including phenoxy) is 1. The van der Waals surface area contributed by atoms with Gasteiger partial charge in [-0.3, -0.25) is 14.6 Å². The van der Waals surface area contributed by atoms with Crippen molar-refractivity contribution in [1.82, 2.24) is 14.8 Å². The Hall–Kier alpha value is -2.47. The Balaban J connectivity index is 2.34. The third-order valence-corrected chi connectivity index (χ3v) is 3.92. The van der Waals surface area contributed by atoms with Crippen molar-refractivity contribution in [3.63, 3.8) is 0 Å². The Kier molecular flexibility index (Phi) is 6.54. The minimum atomic E-state index is -0.590. The van der Waals surface area contributed by atoms with E-state index in [9.17, 15) is 9.59 Å². The molecule has 1 heterocycles. The highest BCUT2D eigenvalue weighted by molar-refractivity contribution is 6.06. The Labute approximate surface area is 161 Å². The maximum Gasteiger partial charge on any atom is 0.326 e. The van der Waals surface area contributed by atoms with Crippen LogP contribution in [0.2, 0.25) is 0 Å². The fourth-order valence-electron chi connectivity index (χ4n) is 2.76. The summed E-state index contributed by atoms with van der Waals surface area (Å²) in [5.41, 5.74) is 1.50. The number of nitrogens with zero attached hydrogens (tertiary/aromatic N) is 3. The number of aromatic nitrogens is 1. The van der Waals surface area contributed by atoms with Crippen LogP contribution >= 0.6 is 0 Å². The van der Waals surface area contributed by atoms with Gasteiger partial charge in [0.15, 0.2) is 0 Å². The third-order valence-electron chi connectivity index (χ3n) is 3.92. The number of likely N-dealkylation sites (N-methyl/N-ethyl adjacent to an activating group) is 1. The molecule has 6 heteroatoms. The van der Waals surface area contributed by atoms with Crippen LogP contribution in [0.1, 0.15) is 36.8 Å². The van der Waals surface area contributed by atoms with Crippen LogP contribution in [0.3, 0.4) is 0 Å². The van der Waals surface area contributed by atoms with E-state index in [0.717, 1.165) is 16.6 Å². The SMILES string of the molecule is Cc1cc(C(=O)N(CCN(C)C)CC(=O)OC(C)(C)C)c2ccccc2n1. The van der Waals surface area contributed by atoms with Gasteiger partial charge in [-0.1, -0.05) is 18.2 Å². The number of hydrogen-bond donors (Lipinski definition) is 0. The van der Waals surface area contributed by atoms with E-state index in [-0.39, 0.29) is 12.5 Å². The number of hydrogen-bond acceptors (Lipinski definition) is 5. The predicted octanol–water partition coefficient (Wildman–Crippen LogP) is 2.89. The summed E-state index contributed by atoms with van der Waals surface area (Å²) < 4.78 is 5.41. The van der Waals surface area contributed by atoms with E-state index in [1.165, 1.54) is 0 Å². The summed E-state index contributed by atoms with van der Waals surface area (Å²) in [6.45, 7) is 8.31. The molecule has 0 aliphatic heterocycles. The predicted molar refractivity (Wildman–Crippen MR) is 107 cm³/mol. The van der Waals surface area contributed by atoms with Crippen LogP contribution in [0.5, 0.6) is 0 Å². The van der Waals surface area contributed by atoms with Crippen molar-refractivity contribution in [3.05, 3.63) is 41.6 Å². The molecule has 0 aliphatic carbocycles. The number of carbonyl (C=O) groups excluding carboxylic acids is 2. The van der Waals surface area contributed by atoms with Crippen LogP contribution in [0, 0.1) is 6.92 Å². The van der Waals surface area contributed by atoms with Crippen molar-refractivity contribution < 1.29 is 14.3 Å². The highest BCUT2D eigenvalue weighted by atomic mass is 16.6. The zero-order valence-corrected chi connectivity index (χ0v) is 17.1. The van der Waals surface area contributed by atoms with Gasteiger partial charge in [-0.15, -0.1) is 0 Å². The monoisotopic (exact) mass is 371 g/mol. The van der Waals surface area contributed by atoms with E-state index in [1.54, 1.807) is 11.0 Å². The molecule has 0 saturated carbocycles. The van der Waals surface area contributed by atoms with Gasteiger partial charge in [-0.25, -0.2) is 0 Å². The molecule has 0 aliphatic rings. The summed E-state index contributed by atoms with van der Waals surface area (Å²) in [6, 6.07) is 9.33. The lowest BCUT2D eigenvalue weighted by Gasteiger charge is -2.26. The topological polar surface area (TPSA) is 62.7 Å². The summed E-state index contributed by atoms with van der Waals surface area (Å²) in [4.78, 5) is 33.7. The van der Waals surface area contributed by atoms with Crippen molar-refractivity contribution >= 4 is 22.8 Å². The number of amides is 1. The van der Waals surface area contributed by atoms with Crippen LogP contribution in [-0.4, -0.2) is 66.0 Å². The Morgan fingerprint density at radius 2 is 1.78 bits per heavy atom. The lowest BCUT2D eigenvalue weighted by atomic mass is 10.1. The molecule has 0 N–H and O–H groups in total. The van der Waals surface area contributed by atoms with Crippen LogP contribution in [0.25, 0.3) is 10.9 Å². The summed E-state index contributed by atoms with van der Waals surface area (Å²) in [6.07, 6.45) is 0. The van der Waals surface area contributed by atoms with E-state index in [1.807, 2.05) is 71.0 Å². The zero-order chi connectivity index (χ0) is 20.2. The summed E-state index contributed by atoms with van der Waals surface area (Å²) in [5, 5.41) is 0.784.